The van der Waals surface area contributed by atoms with Gasteiger partial charge in [0.25, 0.3) is 0 Å². The fourth-order valence-electron chi connectivity index (χ4n) is 1.62. The van der Waals surface area contributed by atoms with Crippen LogP contribution >= 0.6 is 15.9 Å². The quantitative estimate of drug-likeness (QED) is 0.785. The average Bonchev–Trinajstić information content (AvgIpc) is 2.46. The van der Waals surface area contributed by atoms with E-state index in [0.29, 0.717) is 23.7 Å². The third kappa shape index (κ3) is 3.58. The van der Waals surface area contributed by atoms with E-state index >= 15 is 0 Å². The summed E-state index contributed by atoms with van der Waals surface area (Å²) in [7, 11) is 1.57. The largest absolute Gasteiger partial charge is 0.493 e. The van der Waals surface area contributed by atoms with Crippen LogP contribution in [0.3, 0.4) is 0 Å². The van der Waals surface area contributed by atoms with E-state index in [9.17, 15) is 4.79 Å². The lowest BCUT2D eigenvalue weighted by atomic mass is 10.2. The molecule has 19 heavy (non-hydrogen) atoms. The first-order chi connectivity index (χ1) is 9.22. The van der Waals surface area contributed by atoms with Crippen molar-refractivity contribution in [1.82, 2.24) is 0 Å². The van der Waals surface area contributed by atoms with Crippen molar-refractivity contribution < 1.29 is 14.3 Å². The van der Waals surface area contributed by atoms with Gasteiger partial charge in [0.2, 0.25) is 0 Å². The molecule has 2 aromatic rings. The lowest BCUT2D eigenvalue weighted by Gasteiger charge is -2.11. The van der Waals surface area contributed by atoms with Gasteiger partial charge >= 0.3 is 0 Å². The van der Waals surface area contributed by atoms with Gasteiger partial charge in [-0.15, -0.1) is 0 Å². The van der Waals surface area contributed by atoms with E-state index in [1.165, 1.54) is 0 Å². The first-order valence-corrected chi connectivity index (χ1v) is 6.52. The normalized spacial score (nSPS) is 10.0. The molecule has 98 valence electrons. The zero-order chi connectivity index (χ0) is 13.7. The Morgan fingerprint density at radius 2 is 1.84 bits per heavy atom. The third-order valence-corrected chi connectivity index (χ3v) is 3.16. The Morgan fingerprint density at radius 3 is 2.47 bits per heavy atom. The lowest BCUT2D eigenvalue weighted by molar-refractivity contribution is 0.112. The molecule has 0 aliphatic carbocycles. The number of benzene rings is 2. The van der Waals surface area contributed by atoms with Crippen LogP contribution in [-0.4, -0.2) is 13.4 Å². The fraction of sp³-hybridized carbons (Fsp3) is 0.133. The van der Waals surface area contributed by atoms with Crippen LogP contribution < -0.4 is 9.47 Å². The van der Waals surface area contributed by atoms with Gasteiger partial charge in [0.1, 0.15) is 12.9 Å². The number of rotatable bonds is 5. The van der Waals surface area contributed by atoms with Crippen molar-refractivity contribution in [3.05, 3.63) is 58.1 Å². The van der Waals surface area contributed by atoms with Gasteiger partial charge in [-0.1, -0.05) is 28.1 Å². The van der Waals surface area contributed by atoms with E-state index in [1.54, 1.807) is 25.3 Å². The molecule has 2 aromatic carbocycles. The molecule has 0 saturated heterocycles. The van der Waals surface area contributed by atoms with Gasteiger partial charge in [-0.25, -0.2) is 0 Å². The number of hydrogen-bond acceptors (Lipinski definition) is 3. The molecule has 0 fully saturated rings. The van der Waals surface area contributed by atoms with Crippen LogP contribution in [0.5, 0.6) is 11.5 Å². The number of hydrogen-bond donors (Lipinski definition) is 0. The highest BCUT2D eigenvalue weighted by Crippen LogP contribution is 2.28. The van der Waals surface area contributed by atoms with Gasteiger partial charge in [0.05, 0.1) is 7.11 Å². The van der Waals surface area contributed by atoms with Crippen LogP contribution in [0.4, 0.5) is 0 Å². The summed E-state index contributed by atoms with van der Waals surface area (Å²) in [6, 6.07) is 12.9. The minimum Gasteiger partial charge on any atom is -0.493 e. The number of ether oxygens (including phenoxy) is 2. The lowest BCUT2D eigenvalue weighted by Crippen LogP contribution is -1.98. The molecule has 0 spiro atoms. The Morgan fingerprint density at radius 1 is 1.11 bits per heavy atom. The van der Waals surface area contributed by atoms with Crippen LogP contribution in [0.1, 0.15) is 15.9 Å². The second-order valence-corrected chi connectivity index (χ2v) is 4.86. The van der Waals surface area contributed by atoms with E-state index in [2.05, 4.69) is 15.9 Å². The molecule has 3 nitrogen and oxygen atoms in total. The van der Waals surface area contributed by atoms with Gasteiger partial charge < -0.3 is 9.47 Å². The van der Waals surface area contributed by atoms with Crippen molar-refractivity contribution in [3.8, 4) is 11.5 Å². The van der Waals surface area contributed by atoms with Crippen molar-refractivity contribution in [2.24, 2.45) is 0 Å². The second-order valence-electron chi connectivity index (χ2n) is 3.94. The standard InChI is InChI=1S/C15H13BrO3/c1-18-14-7-4-12(9-17)8-15(14)19-10-11-2-5-13(16)6-3-11/h2-9H,10H2,1H3. The highest BCUT2D eigenvalue weighted by atomic mass is 79.9. The summed E-state index contributed by atoms with van der Waals surface area (Å²) in [6.45, 7) is 0.423. The zero-order valence-corrected chi connectivity index (χ0v) is 12.0. The monoisotopic (exact) mass is 320 g/mol. The predicted molar refractivity (Wildman–Crippen MR) is 76.9 cm³/mol. The van der Waals surface area contributed by atoms with Gasteiger partial charge in [-0.3, -0.25) is 4.79 Å². The molecule has 0 aliphatic rings. The maximum atomic E-state index is 10.8. The zero-order valence-electron chi connectivity index (χ0n) is 10.4. The van der Waals surface area contributed by atoms with E-state index in [0.717, 1.165) is 16.3 Å². The summed E-state index contributed by atoms with van der Waals surface area (Å²) < 4.78 is 11.9. The van der Waals surface area contributed by atoms with E-state index in [-0.39, 0.29) is 0 Å². The van der Waals surface area contributed by atoms with Crippen LogP contribution in [0.15, 0.2) is 46.9 Å². The van der Waals surface area contributed by atoms with Crippen LogP contribution in [0, 0.1) is 0 Å². The molecule has 0 heterocycles. The van der Waals surface area contributed by atoms with Crippen molar-refractivity contribution in [3.63, 3.8) is 0 Å². The maximum Gasteiger partial charge on any atom is 0.162 e. The molecule has 0 saturated carbocycles. The third-order valence-electron chi connectivity index (χ3n) is 2.63. The molecule has 0 aliphatic heterocycles. The average molecular weight is 321 g/mol. The molecular formula is C15H13BrO3. The van der Waals surface area contributed by atoms with Crippen molar-refractivity contribution in [2.75, 3.05) is 7.11 Å². The molecule has 0 radical (unpaired) electrons. The number of methoxy groups -OCH3 is 1. The summed E-state index contributed by atoms with van der Waals surface area (Å²) in [6.07, 6.45) is 0.784. The van der Waals surface area contributed by atoms with Crippen molar-refractivity contribution in [2.45, 2.75) is 6.61 Å². The Hall–Kier alpha value is -1.81. The molecule has 0 N–H and O–H groups in total. The van der Waals surface area contributed by atoms with E-state index in [4.69, 9.17) is 9.47 Å². The molecule has 0 aromatic heterocycles. The smallest absolute Gasteiger partial charge is 0.162 e. The van der Waals surface area contributed by atoms with Crippen molar-refractivity contribution in [1.29, 1.82) is 0 Å². The first-order valence-electron chi connectivity index (χ1n) is 5.73. The summed E-state index contributed by atoms with van der Waals surface area (Å²) in [5, 5.41) is 0. The van der Waals surface area contributed by atoms with Gasteiger partial charge in [-0.05, 0) is 35.9 Å². The first kappa shape index (κ1) is 13.6. The molecular weight excluding hydrogens is 308 g/mol. The highest BCUT2D eigenvalue weighted by Gasteiger charge is 2.06. The highest BCUT2D eigenvalue weighted by molar-refractivity contribution is 9.10. The van der Waals surface area contributed by atoms with E-state index < -0.39 is 0 Å². The second kappa shape index (κ2) is 6.38. The summed E-state index contributed by atoms with van der Waals surface area (Å²) in [5.74, 6) is 1.18. The van der Waals surface area contributed by atoms with Gasteiger partial charge in [0.15, 0.2) is 11.5 Å². The van der Waals surface area contributed by atoms with Crippen LogP contribution in [0.2, 0.25) is 0 Å². The van der Waals surface area contributed by atoms with Crippen LogP contribution in [-0.2, 0) is 6.61 Å². The topological polar surface area (TPSA) is 35.5 Å². The Bertz CT molecular complexity index is 564. The maximum absolute atomic E-state index is 10.8. The predicted octanol–water partition coefficient (Wildman–Crippen LogP) is 3.85. The van der Waals surface area contributed by atoms with Crippen molar-refractivity contribution >= 4 is 22.2 Å². The molecule has 0 amide bonds. The molecule has 2 rings (SSSR count). The number of carbonyl (C=O) groups excluding carboxylic acids is 1. The number of aldehydes is 1. The summed E-state index contributed by atoms with van der Waals surface area (Å²) in [5.41, 5.74) is 1.60. The molecule has 4 heteroatoms. The number of carbonyl (C=O) groups is 1. The van der Waals surface area contributed by atoms with E-state index in [1.807, 2.05) is 24.3 Å². The Balaban J connectivity index is 2.13. The van der Waals surface area contributed by atoms with Gasteiger partial charge in [0, 0.05) is 10.0 Å². The minimum absolute atomic E-state index is 0.423. The molecule has 0 bridgehead atoms. The molecule has 0 atom stereocenters. The fourth-order valence-corrected chi connectivity index (χ4v) is 1.89. The van der Waals surface area contributed by atoms with Crippen LogP contribution in [0.25, 0.3) is 0 Å². The Labute approximate surface area is 120 Å². The molecule has 0 unspecified atom stereocenters. The number of halogens is 1. The Kier molecular flexibility index (Phi) is 4.58. The minimum atomic E-state index is 0.423. The van der Waals surface area contributed by atoms with Gasteiger partial charge in [-0.2, -0.15) is 0 Å². The summed E-state index contributed by atoms with van der Waals surface area (Å²) in [4.78, 5) is 10.8. The SMILES string of the molecule is COc1ccc(C=O)cc1OCc1ccc(Br)cc1. The summed E-state index contributed by atoms with van der Waals surface area (Å²) >= 11 is 3.38.